The molecule has 0 unspecified atom stereocenters. The van der Waals surface area contributed by atoms with Crippen molar-refractivity contribution >= 4 is 27.5 Å². The summed E-state index contributed by atoms with van der Waals surface area (Å²) >= 11 is 1.66. The van der Waals surface area contributed by atoms with Gasteiger partial charge in [0.1, 0.15) is 0 Å². The Morgan fingerprint density at radius 1 is 1.57 bits per heavy atom. The molecule has 4 nitrogen and oxygen atoms in total. The van der Waals surface area contributed by atoms with E-state index in [9.17, 15) is 8.42 Å². The number of rotatable bonds is 1. The van der Waals surface area contributed by atoms with E-state index in [-0.39, 0.29) is 0 Å². The molecule has 0 fully saturated rings. The highest BCUT2D eigenvalue weighted by Gasteiger charge is 2.23. The van der Waals surface area contributed by atoms with Gasteiger partial charge in [0.2, 0.25) is 10.0 Å². The predicted molar refractivity (Wildman–Crippen MR) is 57.2 cm³/mol. The number of pyridine rings is 1. The molecule has 0 aromatic carbocycles. The summed E-state index contributed by atoms with van der Waals surface area (Å²) in [5.74, 6) is 0.796. The third-order valence-corrected chi connectivity index (χ3v) is 4.21. The Kier molecular flexibility index (Phi) is 2.40. The van der Waals surface area contributed by atoms with Crippen LogP contribution in [0.5, 0.6) is 0 Å². The topological polar surface area (TPSA) is 50.3 Å². The van der Waals surface area contributed by atoms with Crippen molar-refractivity contribution < 1.29 is 8.42 Å². The Morgan fingerprint density at radius 3 is 3.07 bits per heavy atom. The third kappa shape index (κ3) is 1.72. The van der Waals surface area contributed by atoms with E-state index in [4.69, 9.17) is 0 Å². The van der Waals surface area contributed by atoms with Crippen LogP contribution in [-0.4, -0.2) is 32.0 Å². The lowest BCUT2D eigenvalue weighted by molar-refractivity contribution is 0.597. The summed E-state index contributed by atoms with van der Waals surface area (Å²) in [5, 5.41) is 0. The highest BCUT2D eigenvalue weighted by Crippen LogP contribution is 2.34. The van der Waals surface area contributed by atoms with E-state index in [2.05, 4.69) is 4.98 Å². The van der Waals surface area contributed by atoms with Gasteiger partial charge < -0.3 is 0 Å². The van der Waals surface area contributed by atoms with Crippen molar-refractivity contribution in [2.75, 3.05) is 22.9 Å². The summed E-state index contributed by atoms with van der Waals surface area (Å²) < 4.78 is 24.3. The Balaban J connectivity index is 2.51. The minimum Gasteiger partial charge on any atom is -0.267 e. The van der Waals surface area contributed by atoms with Crippen LogP contribution in [0, 0.1) is 0 Å². The maximum absolute atomic E-state index is 11.4. The molecule has 1 aliphatic rings. The summed E-state index contributed by atoms with van der Waals surface area (Å²) in [4.78, 5) is 4.93. The van der Waals surface area contributed by atoms with Crippen LogP contribution in [0.25, 0.3) is 0 Å². The number of hydrogen-bond donors (Lipinski definition) is 0. The van der Waals surface area contributed by atoms with Crippen LogP contribution in [0.4, 0.5) is 5.69 Å². The Labute approximate surface area is 87.4 Å². The number of sulfonamides is 1. The van der Waals surface area contributed by atoms with Crippen molar-refractivity contribution in [3.8, 4) is 0 Å². The molecule has 76 valence electrons. The molecule has 6 heteroatoms. The van der Waals surface area contributed by atoms with Gasteiger partial charge in [-0.1, -0.05) is 0 Å². The van der Waals surface area contributed by atoms with Crippen molar-refractivity contribution in [1.82, 2.24) is 4.98 Å². The van der Waals surface area contributed by atoms with Crippen molar-refractivity contribution in [2.45, 2.75) is 4.90 Å². The van der Waals surface area contributed by atoms with Crippen LogP contribution >= 0.6 is 11.8 Å². The quantitative estimate of drug-likeness (QED) is 0.721. The number of hydrogen-bond acceptors (Lipinski definition) is 4. The molecular weight excluding hydrogens is 220 g/mol. The van der Waals surface area contributed by atoms with E-state index in [0.717, 1.165) is 10.6 Å². The molecule has 0 saturated carbocycles. The van der Waals surface area contributed by atoms with Crippen LogP contribution in [-0.2, 0) is 10.0 Å². The van der Waals surface area contributed by atoms with E-state index in [1.807, 2.05) is 6.07 Å². The monoisotopic (exact) mass is 230 g/mol. The van der Waals surface area contributed by atoms with Gasteiger partial charge in [0.15, 0.2) is 0 Å². The van der Waals surface area contributed by atoms with Crippen LogP contribution in [0.15, 0.2) is 23.4 Å². The molecule has 1 aliphatic heterocycles. The molecule has 2 heterocycles. The fraction of sp³-hybridized carbons (Fsp3) is 0.375. The van der Waals surface area contributed by atoms with Gasteiger partial charge in [0.25, 0.3) is 0 Å². The molecule has 0 radical (unpaired) electrons. The van der Waals surface area contributed by atoms with Gasteiger partial charge in [-0.2, -0.15) is 0 Å². The molecular formula is C8H10N2O2S2. The zero-order chi connectivity index (χ0) is 10.2. The number of fused-ring (bicyclic) bond motifs is 1. The smallest absolute Gasteiger partial charge is 0.232 e. The molecule has 0 atom stereocenters. The summed E-state index contributed by atoms with van der Waals surface area (Å²) in [5.41, 5.74) is 0.700. The molecule has 14 heavy (non-hydrogen) atoms. The first-order valence-electron chi connectivity index (χ1n) is 4.13. The lowest BCUT2D eigenvalue weighted by Gasteiger charge is -2.27. The van der Waals surface area contributed by atoms with E-state index in [0.29, 0.717) is 12.2 Å². The van der Waals surface area contributed by atoms with Gasteiger partial charge in [0, 0.05) is 23.4 Å². The van der Waals surface area contributed by atoms with E-state index in [1.165, 1.54) is 10.6 Å². The van der Waals surface area contributed by atoms with Crippen LogP contribution < -0.4 is 4.31 Å². The van der Waals surface area contributed by atoms with Crippen LogP contribution in [0.2, 0.25) is 0 Å². The SMILES string of the molecule is CS(=O)(=O)N1CCSc2ccncc21. The number of nitrogens with zero attached hydrogens (tertiary/aromatic N) is 2. The van der Waals surface area contributed by atoms with Gasteiger partial charge in [-0.15, -0.1) is 11.8 Å². The molecule has 2 rings (SSSR count). The second kappa shape index (κ2) is 3.43. The first-order chi connectivity index (χ1) is 6.59. The van der Waals surface area contributed by atoms with E-state index in [1.54, 1.807) is 24.2 Å². The molecule has 0 spiro atoms. The molecule has 1 aromatic heterocycles. The summed E-state index contributed by atoms with van der Waals surface area (Å²) in [7, 11) is -3.16. The maximum atomic E-state index is 11.4. The summed E-state index contributed by atoms with van der Waals surface area (Å²) in [6.07, 6.45) is 4.50. The van der Waals surface area contributed by atoms with Crippen molar-refractivity contribution in [2.24, 2.45) is 0 Å². The van der Waals surface area contributed by atoms with E-state index < -0.39 is 10.0 Å². The van der Waals surface area contributed by atoms with Gasteiger partial charge in [-0.05, 0) is 6.07 Å². The highest BCUT2D eigenvalue weighted by atomic mass is 32.2. The summed E-state index contributed by atoms with van der Waals surface area (Å²) in [6, 6.07) is 1.84. The minimum atomic E-state index is -3.16. The Hall–Kier alpha value is -0.750. The number of aromatic nitrogens is 1. The lowest BCUT2D eigenvalue weighted by Crippen LogP contribution is -2.34. The van der Waals surface area contributed by atoms with Crippen molar-refractivity contribution in [1.29, 1.82) is 0 Å². The maximum Gasteiger partial charge on any atom is 0.232 e. The molecule has 1 aromatic rings. The highest BCUT2D eigenvalue weighted by molar-refractivity contribution is 8.00. The molecule has 0 saturated heterocycles. The zero-order valence-electron chi connectivity index (χ0n) is 7.67. The Bertz CT molecular complexity index is 444. The summed E-state index contributed by atoms with van der Waals surface area (Å²) in [6.45, 7) is 0.530. The zero-order valence-corrected chi connectivity index (χ0v) is 9.31. The molecule has 0 bridgehead atoms. The first-order valence-corrected chi connectivity index (χ1v) is 6.97. The molecule has 0 amide bonds. The molecule has 0 N–H and O–H groups in total. The first kappa shape index (κ1) is 9.79. The second-order valence-corrected chi connectivity index (χ2v) is 6.07. The van der Waals surface area contributed by atoms with Crippen LogP contribution in [0.1, 0.15) is 0 Å². The fourth-order valence-electron chi connectivity index (χ4n) is 1.39. The van der Waals surface area contributed by atoms with Crippen LogP contribution in [0.3, 0.4) is 0 Å². The van der Waals surface area contributed by atoms with Gasteiger partial charge in [-0.25, -0.2) is 8.42 Å². The minimum absolute atomic E-state index is 0.530. The average Bonchev–Trinajstić information content (AvgIpc) is 2.15. The number of thioether (sulfide) groups is 1. The predicted octanol–water partition coefficient (Wildman–Crippen LogP) is 0.953. The van der Waals surface area contributed by atoms with Crippen molar-refractivity contribution in [3.05, 3.63) is 18.5 Å². The fourth-order valence-corrected chi connectivity index (χ4v) is 3.45. The largest absolute Gasteiger partial charge is 0.267 e. The van der Waals surface area contributed by atoms with Crippen molar-refractivity contribution in [3.63, 3.8) is 0 Å². The van der Waals surface area contributed by atoms with Gasteiger partial charge in [0.05, 0.1) is 18.1 Å². The standard InChI is InChI=1S/C8H10N2O2S2/c1-14(11,12)10-4-5-13-8-2-3-9-6-7(8)10/h2-3,6H,4-5H2,1H3. The third-order valence-electron chi connectivity index (χ3n) is 1.98. The average molecular weight is 230 g/mol. The number of anilines is 1. The normalized spacial score (nSPS) is 16.5. The van der Waals surface area contributed by atoms with Gasteiger partial charge >= 0.3 is 0 Å². The van der Waals surface area contributed by atoms with E-state index >= 15 is 0 Å². The van der Waals surface area contributed by atoms with Gasteiger partial charge in [-0.3, -0.25) is 9.29 Å². The Morgan fingerprint density at radius 2 is 2.36 bits per heavy atom. The second-order valence-electron chi connectivity index (χ2n) is 3.03. The molecule has 0 aliphatic carbocycles. The lowest BCUT2D eigenvalue weighted by atomic mass is 10.4.